The zero-order valence-corrected chi connectivity index (χ0v) is 14.1. The maximum Gasteiger partial charge on any atom is 0.227 e. The number of anilines is 3. The Kier molecular flexibility index (Phi) is 3.96. The molecule has 1 aliphatic heterocycles. The predicted octanol–water partition coefficient (Wildman–Crippen LogP) is 2.42. The number of aromatic nitrogens is 4. The summed E-state index contributed by atoms with van der Waals surface area (Å²) in [5.74, 6) is 0.229. The average Bonchev–Trinajstić information content (AvgIpc) is 3.07. The van der Waals surface area contributed by atoms with Gasteiger partial charge in [-0.1, -0.05) is 0 Å². The fourth-order valence-corrected chi connectivity index (χ4v) is 3.04. The molecule has 2 aromatic heterocycles. The lowest BCUT2D eigenvalue weighted by molar-refractivity contribution is 0.419. The van der Waals surface area contributed by atoms with E-state index in [9.17, 15) is 4.39 Å². The van der Waals surface area contributed by atoms with Gasteiger partial charge in [0.1, 0.15) is 0 Å². The van der Waals surface area contributed by atoms with Crippen LogP contribution in [0.2, 0.25) is 0 Å². The van der Waals surface area contributed by atoms with Gasteiger partial charge in [-0.05, 0) is 32.0 Å². The minimum absolute atomic E-state index is 0.172. The quantitative estimate of drug-likeness (QED) is 0.679. The van der Waals surface area contributed by atoms with Crippen LogP contribution in [0.15, 0.2) is 30.6 Å². The van der Waals surface area contributed by atoms with Crippen molar-refractivity contribution in [2.45, 2.75) is 25.9 Å². The fraction of sp³-hybridized carbons (Fsp3) is 0.353. The number of halogens is 1. The summed E-state index contributed by atoms with van der Waals surface area (Å²) in [6.45, 7) is 5.85. The Morgan fingerprint density at radius 3 is 3.04 bits per heavy atom. The van der Waals surface area contributed by atoms with E-state index < -0.39 is 5.82 Å². The molecular weight excluding hydrogens is 321 g/mol. The predicted molar refractivity (Wildman–Crippen MR) is 95.6 cm³/mol. The van der Waals surface area contributed by atoms with E-state index in [2.05, 4.69) is 49.5 Å². The Hall–Kier alpha value is -2.74. The summed E-state index contributed by atoms with van der Waals surface area (Å²) >= 11 is 0. The molecule has 1 aliphatic rings. The van der Waals surface area contributed by atoms with E-state index in [1.165, 1.54) is 6.20 Å². The first-order valence-electron chi connectivity index (χ1n) is 8.33. The summed E-state index contributed by atoms with van der Waals surface area (Å²) in [7, 11) is 0. The third-order valence-corrected chi connectivity index (χ3v) is 4.46. The second kappa shape index (κ2) is 6.29. The Balaban J connectivity index is 1.62. The van der Waals surface area contributed by atoms with Crippen LogP contribution in [-0.2, 0) is 0 Å². The molecule has 0 amide bonds. The number of nitrogens with zero attached hydrogens (tertiary/aromatic N) is 4. The molecular formula is C17H20FN7. The Bertz CT molecular complexity index is 894. The third kappa shape index (κ3) is 3.12. The summed E-state index contributed by atoms with van der Waals surface area (Å²) in [6.07, 6.45) is 2.95. The maximum atomic E-state index is 14.2. The van der Waals surface area contributed by atoms with Crippen LogP contribution >= 0.6 is 0 Å². The first kappa shape index (κ1) is 15.8. The number of piperazine rings is 1. The molecule has 3 aromatic rings. The van der Waals surface area contributed by atoms with Crippen molar-refractivity contribution in [1.29, 1.82) is 0 Å². The maximum absolute atomic E-state index is 14.2. The molecule has 1 fully saturated rings. The molecule has 25 heavy (non-hydrogen) atoms. The molecule has 0 spiro atoms. The molecule has 2 unspecified atom stereocenters. The number of rotatable bonds is 3. The topological polar surface area (TPSA) is 81.8 Å². The molecule has 0 radical (unpaired) electrons. The summed E-state index contributed by atoms with van der Waals surface area (Å²) in [6, 6.07) is 6.24. The van der Waals surface area contributed by atoms with Crippen LogP contribution in [0.1, 0.15) is 13.8 Å². The summed E-state index contributed by atoms with van der Waals surface area (Å²) in [5.41, 5.74) is 1.68. The molecule has 1 aromatic carbocycles. The summed E-state index contributed by atoms with van der Waals surface area (Å²) in [4.78, 5) is 10.7. The van der Waals surface area contributed by atoms with Gasteiger partial charge in [-0.25, -0.2) is 9.37 Å². The highest BCUT2D eigenvalue weighted by Crippen LogP contribution is 2.24. The van der Waals surface area contributed by atoms with E-state index in [1.54, 1.807) is 6.20 Å². The Morgan fingerprint density at radius 2 is 2.16 bits per heavy atom. The van der Waals surface area contributed by atoms with Gasteiger partial charge >= 0.3 is 0 Å². The molecule has 2 atom stereocenters. The van der Waals surface area contributed by atoms with Gasteiger partial charge in [0.15, 0.2) is 11.6 Å². The van der Waals surface area contributed by atoms with Gasteiger partial charge < -0.3 is 15.5 Å². The van der Waals surface area contributed by atoms with Crippen molar-refractivity contribution in [3.8, 4) is 0 Å². The van der Waals surface area contributed by atoms with Gasteiger partial charge in [-0.2, -0.15) is 10.1 Å². The standard InChI is InChI=1S/C17H20FN7/c1-10-9-25(11(2)6-19-10)17-20-8-14(18)16(23-17)22-13-3-4-15-12(5-13)7-21-24-15/h3-5,7-8,10-11,19H,6,9H2,1-2H3,(H,21,24)(H,20,22,23). The van der Waals surface area contributed by atoms with Crippen LogP contribution in [0.5, 0.6) is 0 Å². The lowest BCUT2D eigenvalue weighted by atomic mass is 10.1. The van der Waals surface area contributed by atoms with Gasteiger partial charge in [-0.3, -0.25) is 5.10 Å². The van der Waals surface area contributed by atoms with Gasteiger partial charge in [0, 0.05) is 36.2 Å². The molecule has 3 heterocycles. The molecule has 4 rings (SSSR count). The first-order chi connectivity index (χ1) is 12.1. The van der Waals surface area contributed by atoms with Crippen molar-refractivity contribution in [2.75, 3.05) is 23.3 Å². The number of nitrogens with one attached hydrogen (secondary N) is 3. The highest BCUT2D eigenvalue weighted by molar-refractivity contribution is 5.82. The zero-order chi connectivity index (χ0) is 17.4. The minimum atomic E-state index is -0.480. The number of fused-ring (bicyclic) bond motifs is 1. The Labute approximate surface area is 144 Å². The van der Waals surface area contributed by atoms with Crippen molar-refractivity contribution < 1.29 is 4.39 Å². The summed E-state index contributed by atoms with van der Waals surface area (Å²) in [5, 5.41) is 14.3. The lowest BCUT2D eigenvalue weighted by Gasteiger charge is -2.37. The van der Waals surface area contributed by atoms with Gasteiger partial charge in [0.25, 0.3) is 0 Å². The van der Waals surface area contributed by atoms with E-state index in [-0.39, 0.29) is 11.9 Å². The van der Waals surface area contributed by atoms with E-state index in [0.29, 0.717) is 12.0 Å². The number of hydrogen-bond acceptors (Lipinski definition) is 6. The van der Waals surface area contributed by atoms with E-state index >= 15 is 0 Å². The third-order valence-electron chi connectivity index (χ3n) is 4.46. The molecule has 0 aliphatic carbocycles. The van der Waals surface area contributed by atoms with Crippen LogP contribution in [0.25, 0.3) is 10.9 Å². The number of H-pyrrole nitrogens is 1. The fourth-order valence-electron chi connectivity index (χ4n) is 3.04. The van der Waals surface area contributed by atoms with E-state index in [0.717, 1.165) is 29.7 Å². The highest BCUT2D eigenvalue weighted by Gasteiger charge is 2.25. The van der Waals surface area contributed by atoms with Crippen LogP contribution in [0.3, 0.4) is 0 Å². The minimum Gasteiger partial charge on any atom is -0.338 e. The van der Waals surface area contributed by atoms with Crippen molar-refractivity contribution in [2.24, 2.45) is 0 Å². The van der Waals surface area contributed by atoms with Crippen molar-refractivity contribution in [3.63, 3.8) is 0 Å². The summed E-state index contributed by atoms with van der Waals surface area (Å²) < 4.78 is 14.2. The average molecular weight is 341 g/mol. The van der Waals surface area contributed by atoms with E-state index in [4.69, 9.17) is 0 Å². The largest absolute Gasteiger partial charge is 0.338 e. The SMILES string of the molecule is CC1CN(c2ncc(F)c(Nc3ccc4[nH]ncc4c3)n2)C(C)CN1. The molecule has 7 nitrogen and oxygen atoms in total. The second-order valence-corrected chi connectivity index (χ2v) is 6.47. The molecule has 0 saturated carbocycles. The van der Waals surface area contributed by atoms with Crippen molar-refractivity contribution >= 4 is 28.4 Å². The highest BCUT2D eigenvalue weighted by atomic mass is 19.1. The molecule has 8 heteroatoms. The molecule has 130 valence electrons. The zero-order valence-electron chi connectivity index (χ0n) is 14.1. The lowest BCUT2D eigenvalue weighted by Crippen LogP contribution is -2.55. The van der Waals surface area contributed by atoms with Crippen LogP contribution < -0.4 is 15.5 Å². The van der Waals surface area contributed by atoms with Crippen LogP contribution in [0, 0.1) is 5.82 Å². The van der Waals surface area contributed by atoms with Crippen LogP contribution in [-0.4, -0.2) is 45.3 Å². The smallest absolute Gasteiger partial charge is 0.227 e. The Morgan fingerprint density at radius 1 is 1.28 bits per heavy atom. The van der Waals surface area contributed by atoms with Gasteiger partial charge in [0.05, 0.1) is 17.9 Å². The molecule has 1 saturated heterocycles. The van der Waals surface area contributed by atoms with Gasteiger partial charge in [0.2, 0.25) is 5.95 Å². The monoisotopic (exact) mass is 341 g/mol. The second-order valence-electron chi connectivity index (χ2n) is 6.47. The van der Waals surface area contributed by atoms with Crippen molar-refractivity contribution in [1.82, 2.24) is 25.5 Å². The van der Waals surface area contributed by atoms with E-state index in [1.807, 2.05) is 18.2 Å². The van der Waals surface area contributed by atoms with Crippen LogP contribution in [0.4, 0.5) is 21.8 Å². The number of aromatic amines is 1. The number of hydrogen-bond donors (Lipinski definition) is 3. The molecule has 3 N–H and O–H groups in total. The molecule has 0 bridgehead atoms. The van der Waals surface area contributed by atoms with Gasteiger partial charge in [-0.15, -0.1) is 0 Å². The normalized spacial score (nSPS) is 20.8. The van der Waals surface area contributed by atoms with Crippen molar-refractivity contribution in [3.05, 3.63) is 36.4 Å². The number of benzene rings is 1. The first-order valence-corrected chi connectivity index (χ1v) is 8.33.